The molecule has 1 heterocycles. The van der Waals surface area contributed by atoms with Crippen molar-refractivity contribution in [3.05, 3.63) is 0 Å². The van der Waals surface area contributed by atoms with Crippen molar-refractivity contribution in [2.45, 2.75) is 25.6 Å². The van der Waals surface area contributed by atoms with E-state index in [4.69, 9.17) is 0 Å². The molecule has 0 radical (unpaired) electrons. The van der Waals surface area contributed by atoms with Crippen LogP contribution in [0.3, 0.4) is 0 Å². The molecule has 0 amide bonds. The van der Waals surface area contributed by atoms with Crippen LogP contribution in [-0.2, 0) is 14.5 Å². The zero-order chi connectivity index (χ0) is 8.48. The first-order chi connectivity index (χ1) is 5.01. The van der Waals surface area contributed by atoms with Crippen LogP contribution in [-0.4, -0.2) is 27.2 Å². The maximum absolute atomic E-state index is 12.8. The Bertz CT molecular complexity index is 228. The molecule has 0 unspecified atom stereocenters. The molecule has 0 aliphatic carbocycles. The number of nitrogens with one attached hydrogen (secondary N) is 1. The molecule has 0 aromatic heterocycles. The standard InChI is InChI=1S/C5H10FNO3S/c1-4-5(6)2-3-10-11(8,9)7-4/h4-5,7H,2-3H2,1H3/t4-,5+/m0/s1. The van der Waals surface area contributed by atoms with Gasteiger partial charge in [-0.3, -0.25) is 4.18 Å². The predicted molar refractivity (Wildman–Crippen MR) is 37.0 cm³/mol. The van der Waals surface area contributed by atoms with Gasteiger partial charge in [-0.25, -0.2) is 4.39 Å². The highest BCUT2D eigenvalue weighted by Gasteiger charge is 2.26. The second-order valence-corrected chi connectivity index (χ2v) is 3.87. The van der Waals surface area contributed by atoms with E-state index in [0.29, 0.717) is 0 Å². The van der Waals surface area contributed by atoms with Gasteiger partial charge in [-0.1, -0.05) is 0 Å². The molecule has 1 fully saturated rings. The van der Waals surface area contributed by atoms with Crippen LogP contribution in [0.25, 0.3) is 0 Å². The molecule has 11 heavy (non-hydrogen) atoms. The molecule has 0 bridgehead atoms. The minimum Gasteiger partial charge on any atom is -0.258 e. The monoisotopic (exact) mass is 183 g/mol. The molecule has 4 nitrogen and oxygen atoms in total. The van der Waals surface area contributed by atoms with Crippen LogP contribution in [0.1, 0.15) is 13.3 Å². The lowest BCUT2D eigenvalue weighted by atomic mass is 10.2. The van der Waals surface area contributed by atoms with Gasteiger partial charge in [0, 0.05) is 6.42 Å². The normalized spacial score (nSPS) is 38.0. The summed E-state index contributed by atoms with van der Waals surface area (Å²) in [6, 6.07) is -0.692. The summed E-state index contributed by atoms with van der Waals surface area (Å²) in [6.45, 7) is 1.39. The zero-order valence-corrected chi connectivity index (χ0v) is 6.90. The van der Waals surface area contributed by atoms with Gasteiger partial charge in [-0.05, 0) is 6.92 Å². The molecule has 66 valence electrons. The van der Waals surface area contributed by atoms with Crippen molar-refractivity contribution in [3.8, 4) is 0 Å². The van der Waals surface area contributed by atoms with Gasteiger partial charge in [0.1, 0.15) is 6.17 Å². The molecule has 1 saturated heterocycles. The fourth-order valence-electron chi connectivity index (χ4n) is 0.856. The van der Waals surface area contributed by atoms with E-state index < -0.39 is 22.5 Å². The van der Waals surface area contributed by atoms with Gasteiger partial charge in [-0.15, -0.1) is 0 Å². The molecule has 1 rings (SSSR count). The molecule has 0 spiro atoms. The van der Waals surface area contributed by atoms with Gasteiger partial charge >= 0.3 is 10.3 Å². The van der Waals surface area contributed by atoms with Gasteiger partial charge in [0.2, 0.25) is 0 Å². The first kappa shape index (κ1) is 8.89. The third kappa shape index (κ3) is 2.39. The van der Waals surface area contributed by atoms with Crippen LogP contribution >= 0.6 is 0 Å². The van der Waals surface area contributed by atoms with Crippen molar-refractivity contribution in [3.63, 3.8) is 0 Å². The van der Waals surface area contributed by atoms with E-state index in [-0.39, 0.29) is 13.0 Å². The summed E-state index contributed by atoms with van der Waals surface area (Å²) >= 11 is 0. The lowest BCUT2D eigenvalue weighted by molar-refractivity contribution is 0.239. The van der Waals surface area contributed by atoms with Crippen LogP contribution in [0.15, 0.2) is 0 Å². The lowest BCUT2D eigenvalue weighted by Gasteiger charge is -2.10. The third-order valence-corrected chi connectivity index (χ3v) is 2.64. The highest BCUT2D eigenvalue weighted by molar-refractivity contribution is 7.84. The predicted octanol–water partition coefficient (Wildman–Crippen LogP) is -0.0323. The largest absolute Gasteiger partial charge is 0.336 e. The summed E-state index contributed by atoms with van der Waals surface area (Å²) in [5.74, 6) is 0. The van der Waals surface area contributed by atoms with Crippen LogP contribution < -0.4 is 4.72 Å². The quantitative estimate of drug-likeness (QED) is 0.573. The van der Waals surface area contributed by atoms with Gasteiger partial charge in [0.25, 0.3) is 0 Å². The van der Waals surface area contributed by atoms with Gasteiger partial charge < -0.3 is 0 Å². The van der Waals surface area contributed by atoms with Crippen LogP contribution in [0, 0.1) is 0 Å². The summed E-state index contributed by atoms with van der Waals surface area (Å²) in [5, 5.41) is 0. The Morgan fingerprint density at radius 2 is 2.27 bits per heavy atom. The molecule has 0 aromatic carbocycles. The van der Waals surface area contributed by atoms with Gasteiger partial charge in [0.05, 0.1) is 12.6 Å². The Hall–Kier alpha value is -0.200. The van der Waals surface area contributed by atoms with E-state index in [9.17, 15) is 12.8 Å². The fourth-order valence-corrected chi connectivity index (χ4v) is 1.84. The van der Waals surface area contributed by atoms with Crippen molar-refractivity contribution >= 4 is 10.3 Å². The Labute approximate surface area is 65.0 Å². The zero-order valence-electron chi connectivity index (χ0n) is 6.08. The Kier molecular flexibility index (Phi) is 2.46. The molecule has 1 N–H and O–H groups in total. The minimum absolute atomic E-state index is 0.0825. The average molecular weight is 183 g/mol. The Balaban J connectivity index is 2.71. The lowest BCUT2D eigenvalue weighted by Crippen LogP contribution is -2.36. The molecular weight excluding hydrogens is 173 g/mol. The number of hydrogen-bond donors (Lipinski definition) is 1. The second kappa shape index (κ2) is 3.04. The molecule has 1 aliphatic rings. The van der Waals surface area contributed by atoms with Gasteiger partial charge in [-0.2, -0.15) is 13.1 Å². The van der Waals surface area contributed by atoms with Crippen LogP contribution in [0.5, 0.6) is 0 Å². The molecule has 6 heteroatoms. The van der Waals surface area contributed by atoms with Crippen molar-refractivity contribution in [2.75, 3.05) is 6.61 Å². The number of alkyl halides is 1. The van der Waals surface area contributed by atoms with E-state index in [2.05, 4.69) is 4.18 Å². The summed E-state index contributed by atoms with van der Waals surface area (Å²) in [4.78, 5) is 0. The van der Waals surface area contributed by atoms with Crippen molar-refractivity contribution < 1.29 is 17.0 Å². The molecule has 2 atom stereocenters. The minimum atomic E-state index is -3.69. The topological polar surface area (TPSA) is 55.4 Å². The average Bonchev–Trinajstić information content (AvgIpc) is 1.93. The number of rotatable bonds is 0. The molecule has 1 aliphatic heterocycles. The Morgan fingerprint density at radius 3 is 2.91 bits per heavy atom. The van der Waals surface area contributed by atoms with E-state index in [1.807, 2.05) is 4.72 Å². The summed E-state index contributed by atoms with van der Waals surface area (Å²) in [7, 11) is -3.69. The summed E-state index contributed by atoms with van der Waals surface area (Å²) < 4.78 is 40.6. The maximum atomic E-state index is 12.8. The maximum Gasteiger partial charge on any atom is 0.336 e. The van der Waals surface area contributed by atoms with E-state index >= 15 is 0 Å². The van der Waals surface area contributed by atoms with Crippen LogP contribution in [0.4, 0.5) is 4.39 Å². The van der Waals surface area contributed by atoms with Crippen molar-refractivity contribution in [2.24, 2.45) is 0 Å². The van der Waals surface area contributed by atoms with E-state index in [0.717, 1.165) is 0 Å². The molecule has 0 aromatic rings. The van der Waals surface area contributed by atoms with E-state index in [1.54, 1.807) is 0 Å². The number of halogens is 1. The van der Waals surface area contributed by atoms with Crippen molar-refractivity contribution in [1.82, 2.24) is 4.72 Å². The smallest absolute Gasteiger partial charge is 0.258 e. The molecular formula is C5H10FNO3S. The van der Waals surface area contributed by atoms with Crippen molar-refractivity contribution in [1.29, 1.82) is 0 Å². The first-order valence-electron chi connectivity index (χ1n) is 3.32. The summed E-state index contributed by atoms with van der Waals surface area (Å²) in [5.41, 5.74) is 0. The first-order valence-corrected chi connectivity index (χ1v) is 4.73. The summed E-state index contributed by atoms with van der Waals surface area (Å²) in [6.07, 6.45) is -1.04. The highest BCUT2D eigenvalue weighted by Crippen LogP contribution is 2.10. The fraction of sp³-hybridized carbons (Fsp3) is 1.00. The van der Waals surface area contributed by atoms with Gasteiger partial charge in [0.15, 0.2) is 0 Å². The van der Waals surface area contributed by atoms with Crippen LogP contribution in [0.2, 0.25) is 0 Å². The highest BCUT2D eigenvalue weighted by atomic mass is 32.2. The number of hydrogen-bond acceptors (Lipinski definition) is 3. The second-order valence-electron chi connectivity index (χ2n) is 2.49. The Morgan fingerprint density at radius 1 is 1.64 bits per heavy atom. The van der Waals surface area contributed by atoms with E-state index in [1.165, 1.54) is 6.92 Å². The third-order valence-electron chi connectivity index (χ3n) is 1.50. The SMILES string of the molecule is C[C@@H]1NS(=O)(=O)OCC[C@H]1F. The molecule has 0 saturated carbocycles.